The summed E-state index contributed by atoms with van der Waals surface area (Å²) in [6.07, 6.45) is 2.27. The van der Waals surface area contributed by atoms with Crippen molar-refractivity contribution in [3.63, 3.8) is 0 Å². The molecule has 0 aromatic heterocycles. The highest BCUT2D eigenvalue weighted by molar-refractivity contribution is 14.1. The Kier molecular flexibility index (Phi) is 6.28. The van der Waals surface area contributed by atoms with E-state index in [9.17, 15) is 4.39 Å². The molecule has 0 fully saturated rings. The summed E-state index contributed by atoms with van der Waals surface area (Å²) in [4.78, 5) is 0. The van der Waals surface area contributed by atoms with Crippen molar-refractivity contribution in [2.75, 3.05) is 4.43 Å². The molecule has 0 aliphatic rings. The quantitative estimate of drug-likeness (QED) is 0.549. The van der Waals surface area contributed by atoms with Crippen molar-refractivity contribution in [3.05, 3.63) is 35.6 Å². The molecule has 1 rings (SSSR count). The standard InChI is InChI=1S/C13H18FIO/c1-3-12(4-2)16-13(9-15)10-6-5-7-11(14)8-10/h5-8,12-13H,3-4,9H2,1-2H3. The van der Waals surface area contributed by atoms with Crippen LogP contribution < -0.4 is 0 Å². The van der Waals surface area contributed by atoms with Gasteiger partial charge in [0, 0.05) is 4.43 Å². The van der Waals surface area contributed by atoms with Crippen LogP contribution >= 0.6 is 22.6 Å². The Bertz CT molecular complexity index is 313. The summed E-state index contributed by atoms with van der Waals surface area (Å²) >= 11 is 2.28. The van der Waals surface area contributed by atoms with E-state index in [1.54, 1.807) is 12.1 Å². The van der Waals surface area contributed by atoms with Crippen molar-refractivity contribution >= 4 is 22.6 Å². The third-order valence-corrected chi connectivity index (χ3v) is 3.43. The zero-order valence-corrected chi connectivity index (χ0v) is 11.9. The van der Waals surface area contributed by atoms with Gasteiger partial charge in [0.15, 0.2) is 0 Å². The fourth-order valence-corrected chi connectivity index (χ4v) is 2.34. The van der Waals surface area contributed by atoms with E-state index in [1.165, 1.54) is 6.07 Å². The number of hydrogen-bond acceptors (Lipinski definition) is 1. The SMILES string of the molecule is CCC(CC)OC(CI)c1cccc(F)c1. The van der Waals surface area contributed by atoms with E-state index < -0.39 is 0 Å². The molecule has 16 heavy (non-hydrogen) atoms. The summed E-state index contributed by atoms with van der Waals surface area (Å²) in [5, 5.41) is 0. The molecule has 1 atom stereocenters. The van der Waals surface area contributed by atoms with Crippen LogP contribution in [0, 0.1) is 5.82 Å². The molecule has 1 aromatic carbocycles. The molecule has 0 amide bonds. The summed E-state index contributed by atoms with van der Waals surface area (Å²) < 4.78 is 19.9. The lowest BCUT2D eigenvalue weighted by atomic mass is 10.1. The minimum Gasteiger partial charge on any atom is -0.370 e. The molecular weight excluding hydrogens is 318 g/mol. The highest BCUT2D eigenvalue weighted by atomic mass is 127. The van der Waals surface area contributed by atoms with Gasteiger partial charge in [0.1, 0.15) is 5.82 Å². The van der Waals surface area contributed by atoms with Gasteiger partial charge in [-0.2, -0.15) is 0 Å². The molecule has 1 nitrogen and oxygen atoms in total. The Balaban J connectivity index is 2.74. The van der Waals surface area contributed by atoms with Crippen LogP contribution in [0.5, 0.6) is 0 Å². The van der Waals surface area contributed by atoms with Crippen molar-refractivity contribution in [2.24, 2.45) is 0 Å². The summed E-state index contributed by atoms with van der Waals surface area (Å²) in [5.74, 6) is -0.194. The van der Waals surface area contributed by atoms with E-state index in [4.69, 9.17) is 4.74 Å². The third-order valence-electron chi connectivity index (χ3n) is 2.63. The predicted molar refractivity (Wildman–Crippen MR) is 73.5 cm³/mol. The first-order valence-electron chi connectivity index (χ1n) is 5.68. The second-order valence-electron chi connectivity index (χ2n) is 3.77. The lowest BCUT2D eigenvalue weighted by molar-refractivity contribution is -0.00318. The zero-order valence-electron chi connectivity index (χ0n) is 9.75. The summed E-state index contributed by atoms with van der Waals surface area (Å²) in [5.41, 5.74) is 0.932. The molecule has 0 spiro atoms. The average molecular weight is 336 g/mol. The third kappa shape index (κ3) is 4.01. The van der Waals surface area contributed by atoms with E-state index in [-0.39, 0.29) is 18.0 Å². The molecule has 0 aliphatic heterocycles. The van der Waals surface area contributed by atoms with Crippen LogP contribution in [0.4, 0.5) is 4.39 Å². The lowest BCUT2D eigenvalue weighted by Crippen LogP contribution is -2.16. The highest BCUT2D eigenvalue weighted by Crippen LogP contribution is 2.24. The molecule has 0 radical (unpaired) electrons. The maximum absolute atomic E-state index is 13.1. The van der Waals surface area contributed by atoms with E-state index >= 15 is 0 Å². The summed E-state index contributed by atoms with van der Waals surface area (Å²) in [6.45, 7) is 4.23. The molecule has 0 heterocycles. The number of alkyl halides is 1. The summed E-state index contributed by atoms with van der Waals surface area (Å²) in [7, 11) is 0. The smallest absolute Gasteiger partial charge is 0.123 e. The largest absolute Gasteiger partial charge is 0.370 e. The maximum Gasteiger partial charge on any atom is 0.123 e. The maximum atomic E-state index is 13.1. The van der Waals surface area contributed by atoms with Crippen molar-refractivity contribution in [2.45, 2.75) is 38.9 Å². The van der Waals surface area contributed by atoms with Crippen LogP contribution in [0.15, 0.2) is 24.3 Å². The minimum absolute atomic E-state index is 0.00111. The van der Waals surface area contributed by atoms with Gasteiger partial charge in [0.05, 0.1) is 12.2 Å². The Hall–Kier alpha value is -0.160. The van der Waals surface area contributed by atoms with Gasteiger partial charge in [-0.05, 0) is 30.5 Å². The molecule has 1 aromatic rings. The van der Waals surface area contributed by atoms with Crippen molar-refractivity contribution < 1.29 is 9.13 Å². The molecule has 0 saturated carbocycles. The van der Waals surface area contributed by atoms with Gasteiger partial charge in [-0.25, -0.2) is 4.39 Å². The van der Waals surface area contributed by atoms with Crippen LogP contribution in [-0.2, 0) is 4.74 Å². The number of rotatable bonds is 6. The highest BCUT2D eigenvalue weighted by Gasteiger charge is 2.15. The Labute approximate surface area is 111 Å². The Morgan fingerprint density at radius 2 is 2.00 bits per heavy atom. The van der Waals surface area contributed by atoms with Gasteiger partial charge in [-0.1, -0.05) is 48.6 Å². The number of benzene rings is 1. The van der Waals surface area contributed by atoms with Crippen LogP contribution in [0.25, 0.3) is 0 Å². The fraction of sp³-hybridized carbons (Fsp3) is 0.538. The first kappa shape index (κ1) is 13.9. The van der Waals surface area contributed by atoms with Gasteiger partial charge in [0.2, 0.25) is 0 Å². The van der Waals surface area contributed by atoms with E-state index in [2.05, 4.69) is 36.4 Å². The molecule has 0 bridgehead atoms. The monoisotopic (exact) mass is 336 g/mol. The Morgan fingerprint density at radius 3 is 2.50 bits per heavy atom. The van der Waals surface area contributed by atoms with Gasteiger partial charge in [-0.15, -0.1) is 0 Å². The molecular formula is C13H18FIO. The number of ether oxygens (including phenoxy) is 1. The fourth-order valence-electron chi connectivity index (χ4n) is 1.62. The van der Waals surface area contributed by atoms with E-state index in [0.717, 1.165) is 22.8 Å². The van der Waals surface area contributed by atoms with E-state index in [0.29, 0.717) is 0 Å². The first-order chi connectivity index (χ1) is 7.71. The molecule has 0 saturated heterocycles. The lowest BCUT2D eigenvalue weighted by Gasteiger charge is -2.22. The van der Waals surface area contributed by atoms with E-state index in [1.807, 2.05) is 6.07 Å². The molecule has 3 heteroatoms. The summed E-state index contributed by atoms with van der Waals surface area (Å²) in [6, 6.07) is 6.69. The number of halogens is 2. The topological polar surface area (TPSA) is 9.23 Å². The van der Waals surface area contributed by atoms with Gasteiger partial charge >= 0.3 is 0 Å². The zero-order chi connectivity index (χ0) is 12.0. The van der Waals surface area contributed by atoms with Crippen molar-refractivity contribution in [1.82, 2.24) is 0 Å². The van der Waals surface area contributed by atoms with Gasteiger partial charge in [-0.3, -0.25) is 0 Å². The first-order valence-corrected chi connectivity index (χ1v) is 7.20. The molecule has 0 N–H and O–H groups in total. The number of hydrogen-bond donors (Lipinski definition) is 0. The van der Waals surface area contributed by atoms with Crippen LogP contribution in [-0.4, -0.2) is 10.5 Å². The minimum atomic E-state index is -0.194. The van der Waals surface area contributed by atoms with Gasteiger partial charge < -0.3 is 4.74 Å². The van der Waals surface area contributed by atoms with Crippen LogP contribution in [0.1, 0.15) is 38.4 Å². The molecule has 1 unspecified atom stereocenters. The van der Waals surface area contributed by atoms with Crippen molar-refractivity contribution in [1.29, 1.82) is 0 Å². The molecule has 0 aliphatic carbocycles. The average Bonchev–Trinajstić information content (AvgIpc) is 2.31. The Morgan fingerprint density at radius 1 is 1.31 bits per heavy atom. The van der Waals surface area contributed by atoms with Gasteiger partial charge in [0.25, 0.3) is 0 Å². The second-order valence-corrected chi connectivity index (χ2v) is 4.65. The van der Waals surface area contributed by atoms with Crippen molar-refractivity contribution in [3.8, 4) is 0 Å². The molecule has 90 valence electrons. The van der Waals surface area contributed by atoms with Crippen LogP contribution in [0.3, 0.4) is 0 Å². The predicted octanol–water partition coefficient (Wildman–Crippen LogP) is 4.51. The van der Waals surface area contributed by atoms with Crippen LogP contribution in [0.2, 0.25) is 0 Å². The normalized spacial score (nSPS) is 13.1. The second kappa shape index (κ2) is 7.22.